The number of amides is 1. The average Bonchev–Trinajstić information content (AvgIpc) is 2.47. The minimum atomic E-state index is -0.445. The van der Waals surface area contributed by atoms with Gasteiger partial charge in [-0.15, -0.1) is 11.8 Å². The summed E-state index contributed by atoms with van der Waals surface area (Å²) in [4.78, 5) is 16.6. The fourth-order valence-corrected chi connectivity index (χ4v) is 3.82. The van der Waals surface area contributed by atoms with Gasteiger partial charge in [0.15, 0.2) is 0 Å². The largest absolute Gasteiger partial charge is 0.444 e. The lowest BCUT2D eigenvalue weighted by Crippen LogP contribution is -2.55. The smallest absolute Gasteiger partial charge is 0.410 e. The van der Waals surface area contributed by atoms with Crippen LogP contribution < -0.4 is 0 Å². The standard InChI is InChI=1S/C18H28N2O2S/c1-14-13-19(16(23-5)15-9-7-6-8-10-15)11-12-20(14)17(21)22-18(2,3)4/h6-10,14,16H,11-13H2,1-5H3/t14?,16-/m1/s1. The molecule has 23 heavy (non-hydrogen) atoms. The Labute approximate surface area is 144 Å². The van der Waals surface area contributed by atoms with Gasteiger partial charge < -0.3 is 9.64 Å². The predicted octanol–water partition coefficient (Wildman–Crippen LogP) is 3.99. The number of ether oxygens (including phenoxy) is 1. The molecule has 5 heteroatoms. The first-order valence-electron chi connectivity index (χ1n) is 8.13. The van der Waals surface area contributed by atoms with E-state index in [9.17, 15) is 4.79 Å². The topological polar surface area (TPSA) is 32.8 Å². The zero-order valence-corrected chi connectivity index (χ0v) is 15.6. The van der Waals surface area contributed by atoms with E-state index in [1.807, 2.05) is 43.5 Å². The first kappa shape index (κ1) is 18.1. The number of hydrogen-bond acceptors (Lipinski definition) is 4. The molecule has 0 radical (unpaired) electrons. The zero-order valence-electron chi connectivity index (χ0n) is 14.8. The lowest BCUT2D eigenvalue weighted by atomic mass is 10.1. The summed E-state index contributed by atoms with van der Waals surface area (Å²) >= 11 is 1.84. The zero-order chi connectivity index (χ0) is 17.0. The van der Waals surface area contributed by atoms with Crippen LogP contribution in [0.5, 0.6) is 0 Å². The van der Waals surface area contributed by atoms with E-state index in [1.165, 1.54) is 5.56 Å². The molecule has 4 nitrogen and oxygen atoms in total. The molecular weight excluding hydrogens is 308 g/mol. The molecule has 2 rings (SSSR count). The van der Waals surface area contributed by atoms with Crippen LogP contribution in [0.25, 0.3) is 0 Å². The summed E-state index contributed by atoms with van der Waals surface area (Å²) in [6, 6.07) is 10.7. The quantitative estimate of drug-likeness (QED) is 0.835. The fraction of sp³-hybridized carbons (Fsp3) is 0.611. The number of piperazine rings is 1. The molecule has 1 aromatic carbocycles. The molecular formula is C18H28N2O2S. The van der Waals surface area contributed by atoms with Gasteiger partial charge in [0.25, 0.3) is 0 Å². The first-order valence-corrected chi connectivity index (χ1v) is 9.42. The van der Waals surface area contributed by atoms with Crippen LogP contribution in [0.3, 0.4) is 0 Å². The molecule has 1 heterocycles. The van der Waals surface area contributed by atoms with E-state index in [-0.39, 0.29) is 12.1 Å². The fourth-order valence-electron chi connectivity index (χ4n) is 2.90. The third-order valence-electron chi connectivity index (χ3n) is 3.93. The maximum Gasteiger partial charge on any atom is 0.410 e. The second-order valence-electron chi connectivity index (χ2n) is 7.02. The van der Waals surface area contributed by atoms with Crippen molar-refractivity contribution in [2.45, 2.75) is 44.7 Å². The minimum Gasteiger partial charge on any atom is -0.444 e. The molecule has 0 N–H and O–H groups in total. The lowest BCUT2D eigenvalue weighted by molar-refractivity contribution is 0.000107. The van der Waals surface area contributed by atoms with Crippen molar-refractivity contribution in [2.75, 3.05) is 25.9 Å². The number of rotatable bonds is 3. The van der Waals surface area contributed by atoms with E-state index < -0.39 is 5.60 Å². The Bertz CT molecular complexity index is 516. The van der Waals surface area contributed by atoms with Crippen molar-refractivity contribution in [1.82, 2.24) is 9.80 Å². The highest BCUT2D eigenvalue weighted by Gasteiger charge is 2.33. The van der Waals surface area contributed by atoms with Gasteiger partial charge in [0.05, 0.1) is 5.37 Å². The number of hydrogen-bond donors (Lipinski definition) is 0. The molecule has 128 valence electrons. The molecule has 0 aromatic heterocycles. The maximum absolute atomic E-state index is 12.3. The molecule has 1 aliphatic rings. The highest BCUT2D eigenvalue weighted by Crippen LogP contribution is 2.32. The van der Waals surface area contributed by atoms with Crippen LogP contribution in [-0.4, -0.2) is 53.4 Å². The summed E-state index contributed by atoms with van der Waals surface area (Å²) in [7, 11) is 0. The van der Waals surface area contributed by atoms with E-state index in [0.717, 1.165) is 13.1 Å². The van der Waals surface area contributed by atoms with Crippen molar-refractivity contribution >= 4 is 17.9 Å². The van der Waals surface area contributed by atoms with E-state index >= 15 is 0 Å². The number of benzene rings is 1. The molecule has 1 aliphatic heterocycles. The molecule has 2 atom stereocenters. The van der Waals surface area contributed by atoms with Gasteiger partial charge in [0.2, 0.25) is 0 Å². The van der Waals surface area contributed by atoms with Gasteiger partial charge in [-0.2, -0.15) is 0 Å². The van der Waals surface area contributed by atoms with Gasteiger partial charge in [0.1, 0.15) is 5.60 Å². The van der Waals surface area contributed by atoms with Gasteiger partial charge in [-0.05, 0) is 39.5 Å². The molecule has 1 amide bonds. The number of thioether (sulfide) groups is 1. The van der Waals surface area contributed by atoms with E-state index in [2.05, 4.69) is 42.3 Å². The van der Waals surface area contributed by atoms with Gasteiger partial charge in [-0.1, -0.05) is 30.3 Å². The first-order chi connectivity index (χ1) is 10.8. The highest BCUT2D eigenvalue weighted by molar-refractivity contribution is 7.98. The van der Waals surface area contributed by atoms with Crippen molar-refractivity contribution in [1.29, 1.82) is 0 Å². The van der Waals surface area contributed by atoms with Gasteiger partial charge in [-0.25, -0.2) is 4.79 Å². The third kappa shape index (κ3) is 4.88. The molecule has 0 bridgehead atoms. The predicted molar refractivity (Wildman–Crippen MR) is 96.7 cm³/mol. The summed E-state index contributed by atoms with van der Waals surface area (Å²) in [5.74, 6) is 0. The van der Waals surface area contributed by atoms with E-state index in [1.54, 1.807) is 0 Å². The van der Waals surface area contributed by atoms with Gasteiger partial charge in [-0.3, -0.25) is 4.90 Å². The van der Waals surface area contributed by atoms with Crippen molar-refractivity contribution in [2.24, 2.45) is 0 Å². The molecule has 1 saturated heterocycles. The van der Waals surface area contributed by atoms with Crippen LogP contribution >= 0.6 is 11.8 Å². The maximum atomic E-state index is 12.3. The lowest BCUT2D eigenvalue weighted by Gasteiger charge is -2.43. The highest BCUT2D eigenvalue weighted by atomic mass is 32.2. The molecule has 0 aliphatic carbocycles. The number of nitrogens with zero attached hydrogens (tertiary/aromatic N) is 2. The Morgan fingerprint density at radius 2 is 1.91 bits per heavy atom. The molecule has 0 saturated carbocycles. The van der Waals surface area contributed by atoms with Crippen molar-refractivity contribution < 1.29 is 9.53 Å². The van der Waals surface area contributed by atoms with Crippen LogP contribution in [0, 0.1) is 0 Å². The molecule has 1 aromatic rings. The number of carbonyl (C=O) groups is 1. The summed E-state index contributed by atoms with van der Waals surface area (Å²) in [6.07, 6.45) is 1.94. The summed E-state index contributed by atoms with van der Waals surface area (Å²) in [6.45, 7) is 10.3. The van der Waals surface area contributed by atoms with Gasteiger partial charge in [0, 0.05) is 25.7 Å². The molecule has 0 spiro atoms. The van der Waals surface area contributed by atoms with Crippen LogP contribution in [0.15, 0.2) is 30.3 Å². The normalized spacial score (nSPS) is 21.1. The Kier molecular flexibility index (Phi) is 5.98. The second kappa shape index (κ2) is 7.58. The van der Waals surface area contributed by atoms with Crippen LogP contribution in [0.1, 0.15) is 38.6 Å². The minimum absolute atomic E-state index is 0.150. The number of carbonyl (C=O) groups excluding carboxylic acids is 1. The van der Waals surface area contributed by atoms with Crippen LogP contribution in [0.2, 0.25) is 0 Å². The Hall–Kier alpha value is -1.20. The second-order valence-corrected chi connectivity index (χ2v) is 7.93. The van der Waals surface area contributed by atoms with E-state index in [0.29, 0.717) is 11.9 Å². The van der Waals surface area contributed by atoms with Crippen LogP contribution in [-0.2, 0) is 4.74 Å². The Morgan fingerprint density at radius 1 is 1.26 bits per heavy atom. The summed E-state index contributed by atoms with van der Waals surface area (Å²) in [5, 5.41) is 0.333. The van der Waals surface area contributed by atoms with Crippen LogP contribution in [0.4, 0.5) is 4.79 Å². The van der Waals surface area contributed by atoms with Crippen molar-refractivity contribution in [3.8, 4) is 0 Å². The molecule has 1 fully saturated rings. The Morgan fingerprint density at radius 3 is 2.43 bits per heavy atom. The van der Waals surface area contributed by atoms with Gasteiger partial charge >= 0.3 is 6.09 Å². The van der Waals surface area contributed by atoms with Crippen molar-refractivity contribution in [3.63, 3.8) is 0 Å². The summed E-state index contributed by atoms with van der Waals surface area (Å²) < 4.78 is 5.52. The molecule has 1 unspecified atom stereocenters. The summed E-state index contributed by atoms with van der Waals surface area (Å²) in [5.41, 5.74) is 0.873. The average molecular weight is 337 g/mol. The Balaban J connectivity index is 2.01. The van der Waals surface area contributed by atoms with Crippen molar-refractivity contribution in [3.05, 3.63) is 35.9 Å². The monoisotopic (exact) mass is 336 g/mol. The van der Waals surface area contributed by atoms with E-state index in [4.69, 9.17) is 4.74 Å². The third-order valence-corrected chi connectivity index (χ3v) is 4.94. The SMILES string of the molecule is CS[C@H](c1ccccc1)N1CCN(C(=O)OC(C)(C)C)C(C)C1.